The van der Waals surface area contributed by atoms with Gasteiger partial charge in [-0.2, -0.15) is 0 Å². The van der Waals surface area contributed by atoms with E-state index in [0.29, 0.717) is 19.3 Å². The van der Waals surface area contributed by atoms with E-state index in [1.165, 1.54) is 0 Å². The van der Waals surface area contributed by atoms with E-state index < -0.39 is 12.1 Å². The van der Waals surface area contributed by atoms with Gasteiger partial charge in [-0.05, 0) is 37.5 Å². The highest BCUT2D eigenvalue weighted by Gasteiger charge is 2.02. The van der Waals surface area contributed by atoms with Crippen molar-refractivity contribution in [3.63, 3.8) is 0 Å². The number of hydrogen-bond donors (Lipinski definition) is 2. The smallest absolute Gasteiger partial charge is 0.303 e. The predicted octanol–water partition coefficient (Wildman–Crippen LogP) is 3.53. The number of aliphatic carboxylic acids is 1. The fourth-order valence-electron chi connectivity index (χ4n) is 1.77. The van der Waals surface area contributed by atoms with Crippen molar-refractivity contribution in [1.82, 2.24) is 0 Å². The summed E-state index contributed by atoms with van der Waals surface area (Å²) in [6, 6.07) is 0. The van der Waals surface area contributed by atoms with E-state index in [0.717, 1.165) is 38.5 Å². The van der Waals surface area contributed by atoms with Crippen LogP contribution in [-0.2, 0) is 4.79 Å². The first-order chi connectivity index (χ1) is 10.2. The lowest BCUT2D eigenvalue weighted by molar-refractivity contribution is -0.137. The second kappa shape index (κ2) is 14.7. The third-order valence-electron chi connectivity index (χ3n) is 2.96. The minimum absolute atomic E-state index is 0.236. The van der Waals surface area contributed by atoms with Gasteiger partial charge in [0.1, 0.15) is 0 Å². The van der Waals surface area contributed by atoms with E-state index in [4.69, 9.17) is 5.11 Å². The molecule has 0 heterocycles. The zero-order valence-electron chi connectivity index (χ0n) is 12.7. The second-order valence-electron chi connectivity index (χ2n) is 4.99. The van der Waals surface area contributed by atoms with E-state index in [1.54, 1.807) is 0 Å². The van der Waals surface area contributed by atoms with Gasteiger partial charge in [-0.3, -0.25) is 4.79 Å². The minimum Gasteiger partial charge on any atom is -0.481 e. The van der Waals surface area contributed by atoms with Crippen LogP contribution in [0.3, 0.4) is 0 Å². The Balaban J connectivity index is 3.51. The molecule has 0 aliphatic heterocycles. The average molecular weight is 290 g/mol. The Morgan fingerprint density at radius 1 is 1.10 bits per heavy atom. The molecule has 3 heteroatoms. The third kappa shape index (κ3) is 16.2. The van der Waals surface area contributed by atoms with Crippen molar-refractivity contribution >= 4 is 5.97 Å². The number of aliphatic hydroxyl groups excluding tert-OH is 1. The monoisotopic (exact) mass is 290 g/mol. The summed E-state index contributed by atoms with van der Waals surface area (Å²) < 4.78 is 0. The minimum atomic E-state index is -0.740. The highest BCUT2D eigenvalue weighted by molar-refractivity contribution is 5.66. The van der Waals surface area contributed by atoms with Gasteiger partial charge >= 0.3 is 5.97 Å². The molecule has 0 spiro atoms. The van der Waals surface area contributed by atoms with Crippen LogP contribution in [-0.4, -0.2) is 22.3 Å². The highest BCUT2D eigenvalue weighted by Crippen LogP contribution is 2.08. The molecule has 0 aromatic carbocycles. The summed E-state index contributed by atoms with van der Waals surface area (Å²) in [6.07, 6.45) is 9.20. The lowest BCUT2D eigenvalue weighted by atomic mass is 10.1. The zero-order valence-corrected chi connectivity index (χ0v) is 12.7. The van der Waals surface area contributed by atoms with Crippen LogP contribution in [0.2, 0.25) is 0 Å². The fourth-order valence-corrected chi connectivity index (χ4v) is 1.77. The number of hydrogen-bond acceptors (Lipinski definition) is 2. The van der Waals surface area contributed by atoms with Crippen molar-refractivity contribution in [1.29, 1.82) is 0 Å². The molecule has 0 radical (unpaired) electrons. The van der Waals surface area contributed by atoms with Gasteiger partial charge in [0.2, 0.25) is 0 Å². The molecule has 0 aromatic heterocycles. The van der Waals surface area contributed by atoms with E-state index in [-0.39, 0.29) is 6.42 Å². The number of carboxylic acid groups (broad SMARTS) is 1. The molecule has 1 atom stereocenters. The molecule has 1 unspecified atom stereocenters. The number of carbonyl (C=O) groups is 1. The van der Waals surface area contributed by atoms with Gasteiger partial charge in [0.05, 0.1) is 6.10 Å². The van der Waals surface area contributed by atoms with Gasteiger partial charge < -0.3 is 10.2 Å². The molecule has 0 aliphatic carbocycles. The molecule has 0 saturated heterocycles. The molecule has 3 nitrogen and oxygen atoms in total. The molecule has 0 rings (SSSR count). The fraction of sp³-hybridized carbons (Fsp3) is 0.611. The topological polar surface area (TPSA) is 57.5 Å². The first-order valence-corrected chi connectivity index (χ1v) is 7.63. The third-order valence-corrected chi connectivity index (χ3v) is 2.96. The molecule has 0 aliphatic rings. The predicted molar refractivity (Wildman–Crippen MR) is 85.6 cm³/mol. The first-order valence-electron chi connectivity index (χ1n) is 7.63. The lowest BCUT2D eigenvalue weighted by Gasteiger charge is -2.05. The summed E-state index contributed by atoms with van der Waals surface area (Å²) in [5.74, 6) is 10.6. The Labute approximate surface area is 128 Å². The first kappa shape index (κ1) is 19.3. The van der Waals surface area contributed by atoms with Gasteiger partial charge in [-0.15, -0.1) is 6.58 Å². The van der Waals surface area contributed by atoms with Crippen molar-refractivity contribution in [3.05, 3.63) is 12.7 Å². The van der Waals surface area contributed by atoms with Crippen molar-refractivity contribution in [2.45, 2.75) is 70.3 Å². The van der Waals surface area contributed by atoms with E-state index in [1.807, 2.05) is 6.08 Å². The van der Waals surface area contributed by atoms with Gasteiger partial charge in [0.25, 0.3) is 0 Å². The van der Waals surface area contributed by atoms with Crippen LogP contribution in [0.25, 0.3) is 0 Å². The largest absolute Gasteiger partial charge is 0.481 e. The normalized spacial score (nSPS) is 10.7. The summed E-state index contributed by atoms with van der Waals surface area (Å²) in [4.78, 5) is 10.3. The Morgan fingerprint density at radius 3 is 2.52 bits per heavy atom. The van der Waals surface area contributed by atoms with Gasteiger partial charge in [0, 0.05) is 19.3 Å². The summed E-state index contributed by atoms with van der Waals surface area (Å²) >= 11 is 0. The standard InChI is InChI=1S/C18H26O3/c1-2-3-4-5-6-7-8-11-14-17(19)15-12-9-10-13-16-18(20)21/h2,17,19H,1,3-5,9-10,12-16H2,(H,20,21). The highest BCUT2D eigenvalue weighted by atomic mass is 16.4. The van der Waals surface area contributed by atoms with E-state index in [2.05, 4.69) is 30.3 Å². The maximum atomic E-state index is 10.3. The molecule has 0 aromatic rings. The average Bonchev–Trinajstić information content (AvgIpc) is 2.45. The summed E-state index contributed by atoms with van der Waals surface area (Å²) in [5, 5.41) is 18.2. The summed E-state index contributed by atoms with van der Waals surface area (Å²) in [5.41, 5.74) is 0. The van der Waals surface area contributed by atoms with Crippen molar-refractivity contribution in [2.75, 3.05) is 0 Å². The van der Waals surface area contributed by atoms with Crippen molar-refractivity contribution in [3.8, 4) is 23.7 Å². The van der Waals surface area contributed by atoms with Crippen LogP contribution >= 0.6 is 0 Å². The number of rotatable bonds is 11. The van der Waals surface area contributed by atoms with Crippen LogP contribution in [0.15, 0.2) is 12.7 Å². The Hall–Kier alpha value is -1.71. The number of allylic oxidation sites excluding steroid dienone is 1. The van der Waals surface area contributed by atoms with E-state index in [9.17, 15) is 9.90 Å². The number of carboxylic acids is 1. The molecular formula is C18H26O3. The van der Waals surface area contributed by atoms with Crippen LogP contribution in [0.4, 0.5) is 0 Å². The van der Waals surface area contributed by atoms with Crippen LogP contribution in [0.1, 0.15) is 64.2 Å². The maximum Gasteiger partial charge on any atom is 0.303 e. The quantitative estimate of drug-likeness (QED) is 0.348. The van der Waals surface area contributed by atoms with Gasteiger partial charge in [-0.25, -0.2) is 0 Å². The molecule has 0 fully saturated rings. The van der Waals surface area contributed by atoms with E-state index >= 15 is 0 Å². The SMILES string of the molecule is C=CCCCC#CC#CCC(O)CCCCCCC(=O)O. The summed E-state index contributed by atoms with van der Waals surface area (Å²) in [7, 11) is 0. The molecule has 2 N–H and O–H groups in total. The number of aliphatic hydroxyl groups is 1. The second-order valence-corrected chi connectivity index (χ2v) is 4.99. The van der Waals surface area contributed by atoms with Gasteiger partial charge in [-0.1, -0.05) is 37.2 Å². The number of unbranched alkanes of at least 4 members (excludes halogenated alkanes) is 5. The molecule has 21 heavy (non-hydrogen) atoms. The Morgan fingerprint density at radius 2 is 1.81 bits per heavy atom. The lowest BCUT2D eigenvalue weighted by Crippen LogP contribution is -2.04. The molecule has 0 bridgehead atoms. The molecule has 0 amide bonds. The van der Waals surface area contributed by atoms with Crippen molar-refractivity contribution < 1.29 is 15.0 Å². The molecule has 116 valence electrons. The van der Waals surface area contributed by atoms with Crippen LogP contribution in [0.5, 0.6) is 0 Å². The zero-order chi connectivity index (χ0) is 15.8. The Bertz CT molecular complexity index is 404. The molecular weight excluding hydrogens is 264 g/mol. The van der Waals surface area contributed by atoms with Crippen molar-refractivity contribution in [2.24, 2.45) is 0 Å². The van der Waals surface area contributed by atoms with Crippen LogP contribution in [0, 0.1) is 23.7 Å². The molecule has 0 saturated carbocycles. The Kier molecular flexibility index (Phi) is 13.5. The van der Waals surface area contributed by atoms with Crippen LogP contribution < -0.4 is 0 Å². The van der Waals surface area contributed by atoms with Gasteiger partial charge in [0.15, 0.2) is 0 Å². The maximum absolute atomic E-state index is 10.3. The summed E-state index contributed by atoms with van der Waals surface area (Å²) in [6.45, 7) is 3.65.